The highest BCUT2D eigenvalue weighted by atomic mass is 35.5. The lowest BCUT2D eigenvalue weighted by molar-refractivity contribution is 0.454. The molecule has 1 aromatic carbocycles. The molecule has 4 nitrogen and oxygen atoms in total. The van der Waals surface area contributed by atoms with Crippen LogP contribution < -0.4 is 10.1 Å². The van der Waals surface area contributed by atoms with Crippen molar-refractivity contribution in [1.29, 1.82) is 0 Å². The molecule has 0 atom stereocenters. The number of aromatic nitrogens is 2. The van der Waals surface area contributed by atoms with Gasteiger partial charge in [0.2, 0.25) is 5.88 Å². The minimum Gasteiger partial charge on any atom is -0.438 e. The van der Waals surface area contributed by atoms with Crippen molar-refractivity contribution in [3.05, 3.63) is 40.7 Å². The van der Waals surface area contributed by atoms with Crippen molar-refractivity contribution in [3.63, 3.8) is 0 Å². The Labute approximate surface area is 117 Å². The predicted molar refractivity (Wildman–Crippen MR) is 77.2 cm³/mol. The maximum atomic E-state index is 5.93. The number of nitrogens with zero attached hydrogens (tertiary/aromatic N) is 2. The zero-order chi connectivity index (χ0) is 13.8. The van der Waals surface area contributed by atoms with Gasteiger partial charge in [-0.25, -0.2) is 9.97 Å². The first-order chi connectivity index (χ1) is 9.11. The van der Waals surface area contributed by atoms with Gasteiger partial charge in [-0.05, 0) is 44.5 Å². The largest absolute Gasteiger partial charge is 0.438 e. The quantitative estimate of drug-likeness (QED) is 0.918. The second kappa shape index (κ2) is 5.89. The average molecular weight is 278 g/mol. The van der Waals surface area contributed by atoms with Gasteiger partial charge in [0.1, 0.15) is 17.9 Å². The molecule has 1 aromatic heterocycles. The Morgan fingerprint density at radius 2 is 2.05 bits per heavy atom. The van der Waals surface area contributed by atoms with Crippen molar-refractivity contribution in [1.82, 2.24) is 9.97 Å². The Balaban J connectivity index is 2.30. The van der Waals surface area contributed by atoms with Gasteiger partial charge in [0.15, 0.2) is 0 Å². The van der Waals surface area contributed by atoms with E-state index in [4.69, 9.17) is 16.3 Å². The minimum atomic E-state index is 0.552. The van der Waals surface area contributed by atoms with E-state index in [1.54, 1.807) is 6.07 Å². The number of hydrogen-bond acceptors (Lipinski definition) is 4. The van der Waals surface area contributed by atoms with Crippen molar-refractivity contribution in [2.45, 2.75) is 20.8 Å². The monoisotopic (exact) mass is 277 g/mol. The van der Waals surface area contributed by atoms with Gasteiger partial charge in [-0.1, -0.05) is 11.6 Å². The van der Waals surface area contributed by atoms with Crippen LogP contribution in [0.5, 0.6) is 11.6 Å². The topological polar surface area (TPSA) is 47.0 Å². The fraction of sp³-hybridized carbons (Fsp3) is 0.286. The van der Waals surface area contributed by atoms with Crippen LogP contribution in [0, 0.1) is 13.8 Å². The second-order valence-electron chi connectivity index (χ2n) is 4.19. The molecule has 0 bridgehead atoms. The van der Waals surface area contributed by atoms with E-state index in [1.165, 1.54) is 6.33 Å². The third-order valence-corrected chi connectivity index (χ3v) is 2.96. The summed E-state index contributed by atoms with van der Waals surface area (Å²) in [5.74, 6) is 2.09. The van der Waals surface area contributed by atoms with Crippen molar-refractivity contribution < 1.29 is 4.74 Å². The van der Waals surface area contributed by atoms with Crippen LogP contribution in [0.4, 0.5) is 5.82 Å². The molecule has 19 heavy (non-hydrogen) atoms. The molecule has 0 aliphatic carbocycles. The Morgan fingerprint density at radius 3 is 2.74 bits per heavy atom. The maximum absolute atomic E-state index is 5.93. The lowest BCUT2D eigenvalue weighted by atomic mass is 10.2. The van der Waals surface area contributed by atoms with Crippen LogP contribution in [0.1, 0.15) is 18.1 Å². The van der Waals surface area contributed by atoms with Gasteiger partial charge in [0, 0.05) is 11.6 Å². The molecule has 0 aliphatic heterocycles. The lowest BCUT2D eigenvalue weighted by Crippen LogP contribution is -2.04. The van der Waals surface area contributed by atoms with Crippen molar-refractivity contribution in [2.24, 2.45) is 0 Å². The Morgan fingerprint density at radius 1 is 1.26 bits per heavy atom. The second-order valence-corrected chi connectivity index (χ2v) is 4.63. The summed E-state index contributed by atoms with van der Waals surface area (Å²) in [6, 6.07) is 5.50. The SMILES string of the molecule is CCNc1ncnc(Oc2ccc(Cl)cc2C)c1C. The van der Waals surface area contributed by atoms with E-state index < -0.39 is 0 Å². The predicted octanol–water partition coefficient (Wildman–Crippen LogP) is 3.97. The summed E-state index contributed by atoms with van der Waals surface area (Å²) in [5, 5.41) is 3.87. The summed E-state index contributed by atoms with van der Waals surface area (Å²) in [5.41, 5.74) is 1.86. The standard InChI is InChI=1S/C14H16ClN3O/c1-4-16-13-10(3)14(18-8-17-13)19-12-6-5-11(15)7-9(12)2/h5-8H,4H2,1-3H3,(H,16,17,18). The number of hydrogen-bond donors (Lipinski definition) is 1. The van der Waals surface area contributed by atoms with E-state index in [-0.39, 0.29) is 0 Å². The van der Waals surface area contributed by atoms with Gasteiger partial charge in [0.05, 0.1) is 5.56 Å². The number of benzene rings is 1. The maximum Gasteiger partial charge on any atom is 0.227 e. The molecule has 0 amide bonds. The van der Waals surface area contributed by atoms with Crippen LogP contribution in [0.2, 0.25) is 5.02 Å². The van der Waals surface area contributed by atoms with Crippen LogP contribution >= 0.6 is 11.6 Å². The molecule has 0 fully saturated rings. The number of anilines is 1. The molecule has 100 valence electrons. The van der Waals surface area contributed by atoms with E-state index >= 15 is 0 Å². The third kappa shape index (κ3) is 3.15. The Kier molecular flexibility index (Phi) is 4.22. The van der Waals surface area contributed by atoms with Crippen molar-refractivity contribution >= 4 is 17.4 Å². The van der Waals surface area contributed by atoms with Crippen LogP contribution in [-0.2, 0) is 0 Å². The number of halogens is 1. The molecule has 2 aromatic rings. The number of aryl methyl sites for hydroxylation is 1. The third-order valence-electron chi connectivity index (χ3n) is 2.73. The minimum absolute atomic E-state index is 0.552. The molecule has 1 N–H and O–H groups in total. The Hall–Kier alpha value is -1.81. The smallest absolute Gasteiger partial charge is 0.227 e. The van der Waals surface area contributed by atoms with Gasteiger partial charge in [-0.15, -0.1) is 0 Å². The average Bonchev–Trinajstić information content (AvgIpc) is 2.37. The van der Waals surface area contributed by atoms with E-state index in [0.717, 1.165) is 29.2 Å². The zero-order valence-corrected chi connectivity index (χ0v) is 12.0. The molecule has 1 heterocycles. The molecule has 0 radical (unpaired) electrons. The summed E-state index contributed by atoms with van der Waals surface area (Å²) < 4.78 is 5.83. The van der Waals surface area contributed by atoms with Gasteiger partial charge < -0.3 is 10.1 Å². The zero-order valence-electron chi connectivity index (χ0n) is 11.2. The lowest BCUT2D eigenvalue weighted by Gasteiger charge is -2.12. The van der Waals surface area contributed by atoms with Crippen LogP contribution in [-0.4, -0.2) is 16.5 Å². The van der Waals surface area contributed by atoms with E-state index in [9.17, 15) is 0 Å². The highest BCUT2D eigenvalue weighted by Gasteiger charge is 2.10. The van der Waals surface area contributed by atoms with E-state index in [0.29, 0.717) is 10.9 Å². The molecule has 0 saturated carbocycles. The molecule has 2 rings (SSSR count). The highest BCUT2D eigenvalue weighted by Crippen LogP contribution is 2.29. The van der Waals surface area contributed by atoms with Crippen molar-refractivity contribution in [3.8, 4) is 11.6 Å². The van der Waals surface area contributed by atoms with Gasteiger partial charge >= 0.3 is 0 Å². The van der Waals surface area contributed by atoms with Gasteiger partial charge in [0.25, 0.3) is 0 Å². The van der Waals surface area contributed by atoms with Crippen LogP contribution in [0.15, 0.2) is 24.5 Å². The molecular weight excluding hydrogens is 262 g/mol. The normalized spacial score (nSPS) is 10.3. The first-order valence-corrected chi connectivity index (χ1v) is 6.49. The first kappa shape index (κ1) is 13.6. The fourth-order valence-electron chi connectivity index (χ4n) is 1.71. The molecule has 0 unspecified atom stereocenters. The number of rotatable bonds is 4. The molecule has 0 spiro atoms. The molecule has 0 saturated heterocycles. The van der Waals surface area contributed by atoms with Crippen molar-refractivity contribution in [2.75, 3.05) is 11.9 Å². The van der Waals surface area contributed by atoms with Gasteiger partial charge in [-0.2, -0.15) is 0 Å². The molecule has 5 heteroatoms. The number of ether oxygens (including phenoxy) is 1. The first-order valence-electron chi connectivity index (χ1n) is 6.11. The van der Waals surface area contributed by atoms with E-state index in [1.807, 2.05) is 32.9 Å². The molecular formula is C14H16ClN3O. The van der Waals surface area contributed by atoms with E-state index in [2.05, 4.69) is 15.3 Å². The summed E-state index contributed by atoms with van der Waals surface area (Å²) in [6.45, 7) is 6.70. The van der Waals surface area contributed by atoms with Crippen LogP contribution in [0.3, 0.4) is 0 Å². The summed E-state index contributed by atoms with van der Waals surface area (Å²) >= 11 is 5.93. The summed E-state index contributed by atoms with van der Waals surface area (Å²) in [6.07, 6.45) is 1.49. The Bertz CT molecular complexity index is 587. The summed E-state index contributed by atoms with van der Waals surface area (Å²) in [4.78, 5) is 8.36. The van der Waals surface area contributed by atoms with Crippen LogP contribution in [0.25, 0.3) is 0 Å². The fourth-order valence-corrected chi connectivity index (χ4v) is 1.94. The number of nitrogens with one attached hydrogen (secondary N) is 1. The molecule has 0 aliphatic rings. The van der Waals surface area contributed by atoms with Gasteiger partial charge in [-0.3, -0.25) is 0 Å². The summed E-state index contributed by atoms with van der Waals surface area (Å²) in [7, 11) is 0. The highest BCUT2D eigenvalue weighted by molar-refractivity contribution is 6.30.